The molecule has 136 valence electrons. The fourth-order valence-corrected chi connectivity index (χ4v) is 3.19. The molecule has 26 heavy (non-hydrogen) atoms. The molecule has 0 saturated carbocycles. The molecule has 0 saturated heterocycles. The van der Waals surface area contributed by atoms with Gasteiger partial charge in [-0.1, -0.05) is 18.3 Å². The van der Waals surface area contributed by atoms with E-state index in [1.165, 1.54) is 21.9 Å². The van der Waals surface area contributed by atoms with Gasteiger partial charge in [-0.15, -0.1) is 0 Å². The molecule has 0 fully saturated rings. The number of ether oxygens (including phenoxy) is 1. The maximum atomic E-state index is 12.1. The van der Waals surface area contributed by atoms with Crippen molar-refractivity contribution in [2.75, 3.05) is 5.32 Å². The summed E-state index contributed by atoms with van der Waals surface area (Å²) in [7, 11) is 0. The van der Waals surface area contributed by atoms with Gasteiger partial charge in [0.15, 0.2) is 0 Å². The van der Waals surface area contributed by atoms with Crippen LogP contribution in [0.3, 0.4) is 0 Å². The Morgan fingerprint density at radius 1 is 1.31 bits per heavy atom. The summed E-state index contributed by atoms with van der Waals surface area (Å²) in [5.41, 5.74) is 1.78. The number of hydrogen-bond acceptors (Lipinski definition) is 7. The largest absolute Gasteiger partial charge is 0.459 e. The molecule has 0 aliphatic carbocycles. The minimum absolute atomic E-state index is 0.152. The first-order valence-corrected chi connectivity index (χ1v) is 9.21. The van der Waals surface area contributed by atoms with E-state index >= 15 is 0 Å². The van der Waals surface area contributed by atoms with Crippen LogP contribution in [0.15, 0.2) is 35.1 Å². The highest BCUT2D eigenvalue weighted by Gasteiger charge is 2.10. The first kappa shape index (κ1) is 18.1. The molecule has 1 N–H and O–H groups in total. The highest BCUT2D eigenvalue weighted by atomic mass is 32.1. The summed E-state index contributed by atoms with van der Waals surface area (Å²) in [4.78, 5) is 29.1. The molecule has 0 atom stereocenters. The third-order valence-corrected chi connectivity index (χ3v) is 4.63. The standard InChI is InChI=1S/C18H20N4O3S/c1-4-15-21-22-16(23)9-14(20-18(22)26-15)10-19-13-7-5-12(6-8-13)17(24)25-11(2)3/h5-9,11,19H,4,10H2,1-3H3. The Kier molecular flexibility index (Phi) is 5.32. The zero-order chi connectivity index (χ0) is 18.7. The fourth-order valence-electron chi connectivity index (χ4n) is 2.33. The summed E-state index contributed by atoms with van der Waals surface area (Å²) in [6, 6.07) is 8.48. The second-order valence-electron chi connectivity index (χ2n) is 6.01. The lowest BCUT2D eigenvalue weighted by Crippen LogP contribution is -2.16. The Morgan fingerprint density at radius 3 is 2.69 bits per heavy atom. The summed E-state index contributed by atoms with van der Waals surface area (Å²) in [6.07, 6.45) is 0.618. The molecular weight excluding hydrogens is 352 g/mol. The lowest BCUT2D eigenvalue weighted by Gasteiger charge is -2.09. The lowest BCUT2D eigenvalue weighted by atomic mass is 10.2. The van der Waals surface area contributed by atoms with Crippen LogP contribution < -0.4 is 10.9 Å². The van der Waals surface area contributed by atoms with Gasteiger partial charge in [0, 0.05) is 11.8 Å². The predicted molar refractivity (Wildman–Crippen MR) is 101 cm³/mol. The van der Waals surface area contributed by atoms with Crippen molar-refractivity contribution in [3.05, 3.63) is 57.0 Å². The highest BCUT2D eigenvalue weighted by molar-refractivity contribution is 7.16. The molecule has 0 radical (unpaired) electrons. The zero-order valence-corrected chi connectivity index (χ0v) is 15.7. The zero-order valence-electron chi connectivity index (χ0n) is 14.9. The Balaban J connectivity index is 1.70. The van der Waals surface area contributed by atoms with Gasteiger partial charge in [0.2, 0.25) is 4.96 Å². The van der Waals surface area contributed by atoms with Crippen LogP contribution in [0.2, 0.25) is 0 Å². The van der Waals surface area contributed by atoms with Gasteiger partial charge >= 0.3 is 5.97 Å². The molecule has 0 spiro atoms. The maximum absolute atomic E-state index is 12.1. The summed E-state index contributed by atoms with van der Waals surface area (Å²) >= 11 is 1.42. The first-order chi connectivity index (χ1) is 12.5. The van der Waals surface area contributed by atoms with Gasteiger partial charge < -0.3 is 10.1 Å². The molecule has 3 rings (SSSR count). The van der Waals surface area contributed by atoms with E-state index in [1.807, 2.05) is 20.8 Å². The topological polar surface area (TPSA) is 85.6 Å². The average molecular weight is 372 g/mol. The van der Waals surface area contributed by atoms with E-state index in [2.05, 4.69) is 15.4 Å². The second-order valence-corrected chi connectivity index (χ2v) is 7.05. The van der Waals surface area contributed by atoms with Crippen molar-refractivity contribution in [2.24, 2.45) is 0 Å². The van der Waals surface area contributed by atoms with E-state index in [9.17, 15) is 9.59 Å². The number of esters is 1. The van der Waals surface area contributed by atoms with Gasteiger partial charge in [-0.3, -0.25) is 4.79 Å². The molecule has 0 amide bonds. The summed E-state index contributed by atoms with van der Waals surface area (Å²) in [6.45, 7) is 6.02. The summed E-state index contributed by atoms with van der Waals surface area (Å²) < 4.78 is 6.49. The summed E-state index contributed by atoms with van der Waals surface area (Å²) in [5.74, 6) is -0.344. The number of anilines is 1. The maximum Gasteiger partial charge on any atom is 0.338 e. The number of aryl methyl sites for hydroxylation is 1. The van der Waals surface area contributed by atoms with E-state index in [0.717, 1.165) is 17.1 Å². The number of benzene rings is 1. The number of hydrogen-bond donors (Lipinski definition) is 1. The van der Waals surface area contributed by atoms with Gasteiger partial charge in [-0.2, -0.15) is 9.61 Å². The Labute approximate surface area is 154 Å². The molecule has 3 aromatic rings. The molecule has 0 aliphatic heterocycles. The van der Waals surface area contributed by atoms with Crippen LogP contribution in [0.4, 0.5) is 5.69 Å². The molecule has 8 heteroatoms. The van der Waals surface area contributed by atoms with Crippen molar-refractivity contribution in [3.63, 3.8) is 0 Å². The SMILES string of the molecule is CCc1nn2c(=O)cc(CNc3ccc(C(=O)OC(C)C)cc3)nc2s1. The monoisotopic (exact) mass is 372 g/mol. The van der Waals surface area contributed by atoms with Crippen LogP contribution in [-0.2, 0) is 17.7 Å². The van der Waals surface area contributed by atoms with E-state index in [4.69, 9.17) is 4.74 Å². The van der Waals surface area contributed by atoms with Crippen molar-refractivity contribution in [1.29, 1.82) is 0 Å². The number of fused-ring (bicyclic) bond motifs is 1. The molecule has 2 heterocycles. The number of carbonyl (C=O) groups is 1. The number of carbonyl (C=O) groups excluding carboxylic acids is 1. The van der Waals surface area contributed by atoms with Crippen LogP contribution in [0.1, 0.15) is 41.8 Å². The highest BCUT2D eigenvalue weighted by Crippen LogP contribution is 2.14. The van der Waals surface area contributed by atoms with E-state index in [1.54, 1.807) is 24.3 Å². The Morgan fingerprint density at radius 2 is 2.04 bits per heavy atom. The van der Waals surface area contributed by atoms with Crippen LogP contribution in [0.25, 0.3) is 4.96 Å². The second kappa shape index (κ2) is 7.65. The van der Waals surface area contributed by atoms with Gasteiger partial charge in [-0.05, 0) is 44.5 Å². The fraction of sp³-hybridized carbons (Fsp3) is 0.333. The average Bonchev–Trinajstić information content (AvgIpc) is 3.04. The van der Waals surface area contributed by atoms with Gasteiger partial charge in [0.1, 0.15) is 5.01 Å². The van der Waals surface area contributed by atoms with Crippen molar-refractivity contribution in [2.45, 2.75) is 39.8 Å². The van der Waals surface area contributed by atoms with Crippen LogP contribution in [-0.4, -0.2) is 26.7 Å². The minimum atomic E-state index is -0.344. The number of rotatable bonds is 6. The van der Waals surface area contributed by atoms with Crippen molar-refractivity contribution < 1.29 is 9.53 Å². The van der Waals surface area contributed by atoms with E-state index in [-0.39, 0.29) is 17.6 Å². The quantitative estimate of drug-likeness (QED) is 0.670. The Bertz CT molecular complexity index is 976. The number of nitrogens with one attached hydrogen (secondary N) is 1. The molecule has 7 nitrogen and oxygen atoms in total. The van der Waals surface area contributed by atoms with Crippen molar-refractivity contribution >= 4 is 28.0 Å². The van der Waals surface area contributed by atoms with Crippen molar-refractivity contribution in [3.8, 4) is 0 Å². The molecular formula is C18H20N4O3S. The molecule has 0 aliphatic rings. The van der Waals surface area contributed by atoms with Crippen molar-refractivity contribution in [1.82, 2.24) is 14.6 Å². The van der Waals surface area contributed by atoms with Crippen LogP contribution >= 0.6 is 11.3 Å². The third kappa shape index (κ3) is 4.08. The van der Waals surface area contributed by atoms with E-state index in [0.29, 0.717) is 22.8 Å². The molecule has 1 aromatic carbocycles. The molecule has 0 bridgehead atoms. The van der Waals surface area contributed by atoms with E-state index < -0.39 is 0 Å². The smallest absolute Gasteiger partial charge is 0.338 e. The normalized spacial score (nSPS) is 11.1. The van der Waals surface area contributed by atoms with Gasteiger partial charge in [-0.25, -0.2) is 9.78 Å². The van der Waals surface area contributed by atoms with Crippen LogP contribution in [0.5, 0.6) is 0 Å². The predicted octanol–water partition coefficient (Wildman–Crippen LogP) is 2.89. The lowest BCUT2D eigenvalue weighted by molar-refractivity contribution is 0.0378. The summed E-state index contributed by atoms with van der Waals surface area (Å²) in [5, 5.41) is 8.31. The van der Waals surface area contributed by atoms with Crippen LogP contribution in [0, 0.1) is 0 Å². The number of nitrogens with zero attached hydrogens (tertiary/aromatic N) is 3. The Hall–Kier alpha value is -2.74. The first-order valence-electron chi connectivity index (χ1n) is 8.40. The molecule has 2 aromatic heterocycles. The molecule has 0 unspecified atom stereocenters. The van der Waals surface area contributed by atoms with Gasteiger partial charge in [0.05, 0.1) is 23.9 Å². The van der Waals surface area contributed by atoms with Gasteiger partial charge in [0.25, 0.3) is 5.56 Å². The third-order valence-electron chi connectivity index (χ3n) is 3.58. The minimum Gasteiger partial charge on any atom is -0.459 e. The number of aromatic nitrogens is 3.